The quantitative estimate of drug-likeness (QED) is 0.272. The number of hydrogen-bond donors (Lipinski definition) is 1. The first kappa shape index (κ1) is 28.6. The van der Waals surface area contributed by atoms with Crippen LogP contribution in [0.1, 0.15) is 34.8 Å². The Morgan fingerprint density at radius 3 is 2.25 bits per heavy atom. The zero-order chi connectivity index (χ0) is 28.6. The number of anilines is 1. The Hall–Kier alpha value is -4.44. The zero-order valence-electron chi connectivity index (χ0n) is 22.6. The van der Waals surface area contributed by atoms with E-state index >= 15 is 0 Å². The van der Waals surface area contributed by atoms with Gasteiger partial charge in [-0.3, -0.25) is 14.5 Å². The average Bonchev–Trinajstić information content (AvgIpc) is 3.17. The fourth-order valence-electron chi connectivity index (χ4n) is 4.45. The average molecular weight is 562 g/mol. The van der Waals surface area contributed by atoms with E-state index in [1.807, 2.05) is 42.5 Å². The third-order valence-electron chi connectivity index (χ3n) is 6.45. The number of thiocarbonyl (C=S) groups is 1. The molecule has 3 aromatic carbocycles. The van der Waals surface area contributed by atoms with Gasteiger partial charge in [0.05, 0.1) is 39.4 Å². The van der Waals surface area contributed by atoms with Gasteiger partial charge < -0.3 is 24.4 Å². The molecule has 0 aliphatic carbocycles. The molecule has 1 N–H and O–H groups in total. The standard InChI is InChI=1S/C30H31N3O6S/c1-4-39-29(36)22-11-13-23(14-12-22)31-27(34)17-24-28(35)33(18-20-8-6-5-7-9-20)30(40)32(24)19-21-10-15-25(37-2)26(16-21)38-3/h5-16,24H,4,17-19H2,1-3H3,(H,31,34)/t24-/m0/s1. The lowest BCUT2D eigenvalue weighted by Crippen LogP contribution is -2.37. The van der Waals surface area contributed by atoms with Crippen LogP contribution in [0.5, 0.6) is 11.5 Å². The number of hydrogen-bond acceptors (Lipinski definition) is 7. The molecule has 0 spiro atoms. The first-order valence-electron chi connectivity index (χ1n) is 12.8. The van der Waals surface area contributed by atoms with Gasteiger partial charge in [0, 0.05) is 12.2 Å². The molecule has 1 saturated heterocycles. The summed E-state index contributed by atoms with van der Waals surface area (Å²) < 4.78 is 15.8. The second kappa shape index (κ2) is 13.1. The number of ether oxygens (including phenoxy) is 3. The van der Waals surface area contributed by atoms with Crippen molar-refractivity contribution in [3.05, 3.63) is 89.5 Å². The van der Waals surface area contributed by atoms with Gasteiger partial charge in [-0.2, -0.15) is 0 Å². The predicted octanol–water partition coefficient (Wildman–Crippen LogP) is 4.41. The normalized spacial score (nSPS) is 14.7. The van der Waals surface area contributed by atoms with Crippen LogP contribution >= 0.6 is 12.2 Å². The van der Waals surface area contributed by atoms with E-state index in [-0.39, 0.29) is 24.8 Å². The highest BCUT2D eigenvalue weighted by molar-refractivity contribution is 7.80. The van der Waals surface area contributed by atoms with Crippen molar-refractivity contribution >= 4 is 40.8 Å². The minimum Gasteiger partial charge on any atom is -0.493 e. The van der Waals surface area contributed by atoms with Crippen LogP contribution in [0.15, 0.2) is 72.8 Å². The summed E-state index contributed by atoms with van der Waals surface area (Å²) in [5, 5.41) is 3.16. The van der Waals surface area contributed by atoms with Crippen LogP contribution in [0, 0.1) is 0 Å². The van der Waals surface area contributed by atoms with Crippen LogP contribution in [-0.4, -0.2) is 59.6 Å². The Morgan fingerprint density at radius 2 is 1.60 bits per heavy atom. The maximum atomic E-state index is 13.6. The number of nitrogens with one attached hydrogen (secondary N) is 1. The minimum atomic E-state index is -0.803. The largest absolute Gasteiger partial charge is 0.493 e. The maximum absolute atomic E-state index is 13.6. The number of rotatable bonds is 11. The molecule has 1 atom stereocenters. The van der Waals surface area contributed by atoms with E-state index < -0.39 is 12.0 Å². The Kier molecular flexibility index (Phi) is 9.34. The first-order valence-corrected chi connectivity index (χ1v) is 13.2. The summed E-state index contributed by atoms with van der Waals surface area (Å²) in [6, 6.07) is 20.6. The molecule has 0 aromatic heterocycles. The van der Waals surface area contributed by atoms with Crippen molar-refractivity contribution in [2.24, 2.45) is 0 Å². The molecular weight excluding hydrogens is 530 g/mol. The fraction of sp³-hybridized carbons (Fsp3) is 0.267. The highest BCUT2D eigenvalue weighted by Gasteiger charge is 2.43. The lowest BCUT2D eigenvalue weighted by molar-refractivity contribution is -0.131. The fourth-order valence-corrected chi connectivity index (χ4v) is 4.80. The molecule has 2 amide bonds. The van der Waals surface area contributed by atoms with Gasteiger partial charge in [0.15, 0.2) is 16.6 Å². The van der Waals surface area contributed by atoms with Gasteiger partial charge >= 0.3 is 5.97 Å². The number of carbonyl (C=O) groups excluding carboxylic acids is 3. The van der Waals surface area contributed by atoms with Gasteiger partial charge in [0.25, 0.3) is 5.91 Å². The van der Waals surface area contributed by atoms with Gasteiger partial charge in [0.1, 0.15) is 6.04 Å². The van der Waals surface area contributed by atoms with Crippen LogP contribution in [0.25, 0.3) is 0 Å². The highest BCUT2D eigenvalue weighted by Crippen LogP contribution is 2.31. The molecule has 0 saturated carbocycles. The van der Waals surface area contributed by atoms with Crippen molar-refractivity contribution in [3.8, 4) is 11.5 Å². The molecule has 1 heterocycles. The molecule has 10 heteroatoms. The molecule has 0 unspecified atom stereocenters. The topological polar surface area (TPSA) is 97.4 Å². The van der Waals surface area contributed by atoms with Crippen molar-refractivity contribution in [1.82, 2.24) is 9.80 Å². The lowest BCUT2D eigenvalue weighted by Gasteiger charge is -2.24. The van der Waals surface area contributed by atoms with Crippen LogP contribution in [0.2, 0.25) is 0 Å². The predicted molar refractivity (Wildman–Crippen MR) is 154 cm³/mol. The second-order valence-electron chi connectivity index (χ2n) is 9.08. The Bertz CT molecular complexity index is 1380. The van der Waals surface area contributed by atoms with Gasteiger partial charge in [-0.05, 0) is 66.7 Å². The van der Waals surface area contributed by atoms with E-state index in [1.165, 1.54) is 4.90 Å². The molecule has 208 valence electrons. The van der Waals surface area contributed by atoms with Gasteiger partial charge in [-0.15, -0.1) is 0 Å². The maximum Gasteiger partial charge on any atom is 0.338 e. The summed E-state index contributed by atoms with van der Waals surface area (Å²) in [4.78, 5) is 42.0. The molecule has 1 aliphatic rings. The lowest BCUT2D eigenvalue weighted by atomic mass is 10.1. The third kappa shape index (κ3) is 6.58. The van der Waals surface area contributed by atoms with Crippen molar-refractivity contribution in [2.45, 2.75) is 32.5 Å². The summed E-state index contributed by atoms with van der Waals surface area (Å²) in [5.41, 5.74) is 2.65. The summed E-state index contributed by atoms with van der Waals surface area (Å²) in [6.07, 6.45) is -0.114. The monoisotopic (exact) mass is 561 g/mol. The molecule has 1 fully saturated rings. The Morgan fingerprint density at radius 1 is 0.900 bits per heavy atom. The second-order valence-corrected chi connectivity index (χ2v) is 9.44. The van der Waals surface area contributed by atoms with Crippen molar-refractivity contribution in [3.63, 3.8) is 0 Å². The van der Waals surface area contributed by atoms with E-state index in [1.54, 1.807) is 56.4 Å². The molecule has 4 rings (SSSR count). The van der Waals surface area contributed by atoms with Crippen LogP contribution in [-0.2, 0) is 27.4 Å². The smallest absolute Gasteiger partial charge is 0.338 e. The molecule has 0 radical (unpaired) electrons. The summed E-state index contributed by atoms with van der Waals surface area (Å²) in [5.74, 6) is 0.0980. The summed E-state index contributed by atoms with van der Waals surface area (Å²) >= 11 is 5.77. The van der Waals surface area contributed by atoms with Gasteiger partial charge in [0.2, 0.25) is 5.91 Å². The van der Waals surface area contributed by atoms with Crippen molar-refractivity contribution < 1.29 is 28.6 Å². The minimum absolute atomic E-state index is 0.114. The van der Waals surface area contributed by atoms with Crippen LogP contribution < -0.4 is 14.8 Å². The van der Waals surface area contributed by atoms with E-state index in [4.69, 9.17) is 26.4 Å². The molecule has 0 bridgehead atoms. The number of methoxy groups -OCH3 is 2. The Labute approximate surface area is 238 Å². The van der Waals surface area contributed by atoms with Gasteiger partial charge in [-0.25, -0.2) is 4.79 Å². The molecule has 9 nitrogen and oxygen atoms in total. The van der Waals surface area contributed by atoms with Crippen molar-refractivity contribution in [1.29, 1.82) is 0 Å². The number of esters is 1. The molecule has 40 heavy (non-hydrogen) atoms. The van der Waals surface area contributed by atoms with E-state index in [9.17, 15) is 14.4 Å². The summed E-state index contributed by atoms with van der Waals surface area (Å²) in [6.45, 7) is 2.60. The molecular formula is C30H31N3O6S. The first-order chi connectivity index (χ1) is 19.3. The number of benzene rings is 3. The van der Waals surface area contributed by atoms with E-state index in [0.29, 0.717) is 41.0 Å². The zero-order valence-corrected chi connectivity index (χ0v) is 23.4. The number of amides is 2. The van der Waals surface area contributed by atoms with E-state index in [0.717, 1.165) is 11.1 Å². The Balaban J connectivity index is 1.54. The SMILES string of the molecule is CCOC(=O)c1ccc(NC(=O)C[C@H]2C(=O)N(Cc3ccccc3)C(=S)N2Cc2ccc(OC)c(OC)c2)cc1. The molecule has 1 aliphatic heterocycles. The molecule has 3 aromatic rings. The van der Waals surface area contributed by atoms with Crippen LogP contribution in [0.4, 0.5) is 5.69 Å². The highest BCUT2D eigenvalue weighted by atomic mass is 32.1. The van der Waals surface area contributed by atoms with Crippen LogP contribution in [0.3, 0.4) is 0 Å². The van der Waals surface area contributed by atoms with E-state index in [2.05, 4.69) is 5.32 Å². The summed E-state index contributed by atoms with van der Waals surface area (Å²) in [7, 11) is 3.12. The third-order valence-corrected chi connectivity index (χ3v) is 6.90. The number of nitrogens with zero attached hydrogens (tertiary/aromatic N) is 2. The van der Waals surface area contributed by atoms with Gasteiger partial charge in [-0.1, -0.05) is 36.4 Å². The van der Waals surface area contributed by atoms with Crippen molar-refractivity contribution in [2.75, 3.05) is 26.1 Å². The number of carbonyl (C=O) groups is 3.